The van der Waals surface area contributed by atoms with E-state index in [0.717, 1.165) is 28.2 Å². The van der Waals surface area contributed by atoms with Gasteiger partial charge >= 0.3 is 6.03 Å². The van der Waals surface area contributed by atoms with E-state index in [0.29, 0.717) is 0 Å². The highest BCUT2D eigenvalue weighted by Crippen LogP contribution is 2.26. The summed E-state index contributed by atoms with van der Waals surface area (Å²) in [6.45, 7) is 4.01. The van der Waals surface area contributed by atoms with Gasteiger partial charge in [0.15, 0.2) is 0 Å². The molecule has 3 aromatic carbocycles. The van der Waals surface area contributed by atoms with Crippen molar-refractivity contribution in [1.82, 2.24) is 0 Å². The zero-order valence-electron chi connectivity index (χ0n) is 13.9. The number of anilines is 3. The maximum atomic E-state index is 13.0. The first kappa shape index (κ1) is 15.8. The number of urea groups is 1. The molecule has 0 bridgehead atoms. The summed E-state index contributed by atoms with van der Waals surface area (Å²) in [6, 6.07) is 25.2. The molecule has 120 valence electrons. The second kappa shape index (κ2) is 7.01. The number of carbonyl (C=O) groups excluding carboxylic acids is 1. The van der Waals surface area contributed by atoms with Crippen molar-refractivity contribution < 1.29 is 4.79 Å². The Bertz CT molecular complexity index is 789. The standard InChI is InChI=1S/C21H20N2O/c1-16-13-14-17(2)20(15-16)22-21(24)23(18-9-5-3-6-10-18)19-11-7-4-8-12-19/h3-15H,1-2H3,(H,22,24). The largest absolute Gasteiger partial charge is 0.330 e. The van der Waals surface area contributed by atoms with Gasteiger partial charge < -0.3 is 5.32 Å². The summed E-state index contributed by atoms with van der Waals surface area (Å²) >= 11 is 0. The maximum absolute atomic E-state index is 13.0. The van der Waals surface area contributed by atoms with Gasteiger partial charge in [0.25, 0.3) is 0 Å². The minimum Gasteiger partial charge on any atom is -0.307 e. The first-order valence-electron chi connectivity index (χ1n) is 7.93. The lowest BCUT2D eigenvalue weighted by atomic mass is 10.1. The predicted octanol–water partition coefficient (Wildman–Crippen LogP) is 5.67. The van der Waals surface area contributed by atoms with E-state index >= 15 is 0 Å². The van der Waals surface area contributed by atoms with Crippen LogP contribution in [0, 0.1) is 13.8 Å². The van der Waals surface area contributed by atoms with Crippen LogP contribution < -0.4 is 10.2 Å². The minimum absolute atomic E-state index is 0.180. The summed E-state index contributed by atoms with van der Waals surface area (Å²) in [7, 11) is 0. The highest BCUT2D eigenvalue weighted by atomic mass is 16.2. The molecule has 3 rings (SSSR count). The van der Waals surface area contributed by atoms with Crippen LogP contribution in [0.15, 0.2) is 78.9 Å². The molecule has 2 amide bonds. The molecular weight excluding hydrogens is 296 g/mol. The van der Waals surface area contributed by atoms with Gasteiger partial charge in [0.05, 0.1) is 11.4 Å². The first-order valence-corrected chi connectivity index (χ1v) is 7.93. The Morgan fingerprint density at radius 3 is 1.88 bits per heavy atom. The molecule has 3 aromatic rings. The summed E-state index contributed by atoms with van der Waals surface area (Å²) in [6.07, 6.45) is 0. The predicted molar refractivity (Wildman–Crippen MR) is 100.0 cm³/mol. The minimum atomic E-state index is -0.180. The highest BCUT2D eigenvalue weighted by molar-refractivity contribution is 6.07. The molecule has 0 aliphatic rings. The normalized spacial score (nSPS) is 10.2. The summed E-state index contributed by atoms with van der Waals surface area (Å²) in [5, 5.41) is 3.04. The Morgan fingerprint density at radius 1 is 0.792 bits per heavy atom. The van der Waals surface area contributed by atoms with Crippen LogP contribution in [0.3, 0.4) is 0 Å². The van der Waals surface area contributed by atoms with Crippen molar-refractivity contribution in [2.75, 3.05) is 10.2 Å². The van der Waals surface area contributed by atoms with Gasteiger partial charge in [-0.05, 0) is 55.3 Å². The third-order valence-corrected chi connectivity index (χ3v) is 3.87. The second-order valence-electron chi connectivity index (χ2n) is 5.76. The zero-order valence-corrected chi connectivity index (χ0v) is 13.9. The van der Waals surface area contributed by atoms with Gasteiger partial charge in [-0.15, -0.1) is 0 Å². The molecule has 3 heteroatoms. The molecule has 0 fully saturated rings. The van der Waals surface area contributed by atoms with Crippen molar-refractivity contribution in [3.63, 3.8) is 0 Å². The number of hydrogen-bond donors (Lipinski definition) is 1. The lowest BCUT2D eigenvalue weighted by Crippen LogP contribution is -2.31. The number of hydrogen-bond acceptors (Lipinski definition) is 1. The number of nitrogens with zero attached hydrogens (tertiary/aromatic N) is 1. The molecule has 0 radical (unpaired) electrons. The molecule has 0 aromatic heterocycles. The van der Waals surface area contributed by atoms with Gasteiger partial charge in [0.1, 0.15) is 0 Å². The number of amides is 2. The summed E-state index contributed by atoms with van der Waals surface area (Å²) in [5.74, 6) is 0. The molecule has 0 aliphatic heterocycles. The molecule has 0 unspecified atom stereocenters. The van der Waals surface area contributed by atoms with Crippen LogP contribution in [-0.4, -0.2) is 6.03 Å². The molecule has 0 spiro atoms. The molecule has 0 heterocycles. The third kappa shape index (κ3) is 3.46. The molecule has 0 aliphatic carbocycles. The van der Waals surface area contributed by atoms with E-state index in [1.165, 1.54) is 0 Å². The number of nitrogens with one attached hydrogen (secondary N) is 1. The number of aryl methyl sites for hydroxylation is 2. The Hall–Kier alpha value is -3.07. The van der Waals surface area contributed by atoms with E-state index in [1.807, 2.05) is 92.7 Å². The van der Waals surface area contributed by atoms with Crippen LogP contribution in [0.4, 0.5) is 21.9 Å². The lowest BCUT2D eigenvalue weighted by Gasteiger charge is -2.24. The Kier molecular flexibility index (Phi) is 4.62. The number of benzene rings is 3. The molecule has 24 heavy (non-hydrogen) atoms. The summed E-state index contributed by atoms with van der Waals surface area (Å²) < 4.78 is 0. The molecule has 0 saturated heterocycles. The fourth-order valence-corrected chi connectivity index (χ4v) is 2.58. The van der Waals surface area contributed by atoms with Crippen molar-refractivity contribution in [2.45, 2.75) is 13.8 Å². The Morgan fingerprint density at radius 2 is 1.33 bits per heavy atom. The van der Waals surface area contributed by atoms with E-state index in [-0.39, 0.29) is 6.03 Å². The van der Waals surface area contributed by atoms with E-state index in [2.05, 4.69) is 5.32 Å². The van der Waals surface area contributed by atoms with Crippen LogP contribution >= 0.6 is 0 Å². The molecule has 0 atom stereocenters. The monoisotopic (exact) mass is 316 g/mol. The second-order valence-corrected chi connectivity index (χ2v) is 5.76. The number of rotatable bonds is 3. The van der Waals surface area contributed by atoms with Crippen LogP contribution in [-0.2, 0) is 0 Å². The Balaban J connectivity index is 1.97. The van der Waals surface area contributed by atoms with Crippen LogP contribution in [0.2, 0.25) is 0 Å². The molecule has 0 saturated carbocycles. The van der Waals surface area contributed by atoms with E-state index in [1.54, 1.807) is 4.90 Å². The van der Waals surface area contributed by atoms with Crippen LogP contribution in [0.5, 0.6) is 0 Å². The van der Waals surface area contributed by atoms with E-state index < -0.39 is 0 Å². The molecular formula is C21H20N2O. The third-order valence-electron chi connectivity index (χ3n) is 3.87. The van der Waals surface area contributed by atoms with Crippen molar-refractivity contribution in [2.24, 2.45) is 0 Å². The summed E-state index contributed by atoms with van der Waals surface area (Å²) in [5.41, 5.74) is 4.63. The van der Waals surface area contributed by atoms with Crippen molar-refractivity contribution in [3.8, 4) is 0 Å². The van der Waals surface area contributed by atoms with E-state index in [9.17, 15) is 4.79 Å². The smallest absolute Gasteiger partial charge is 0.307 e. The fraction of sp³-hybridized carbons (Fsp3) is 0.0952. The van der Waals surface area contributed by atoms with Gasteiger partial charge in [-0.25, -0.2) is 4.79 Å². The zero-order chi connectivity index (χ0) is 16.9. The SMILES string of the molecule is Cc1ccc(C)c(NC(=O)N(c2ccccc2)c2ccccc2)c1. The first-order chi connectivity index (χ1) is 11.6. The average molecular weight is 316 g/mol. The van der Waals surface area contributed by atoms with Crippen molar-refractivity contribution in [3.05, 3.63) is 90.0 Å². The maximum Gasteiger partial charge on any atom is 0.330 e. The van der Waals surface area contributed by atoms with Gasteiger partial charge in [-0.2, -0.15) is 0 Å². The van der Waals surface area contributed by atoms with Gasteiger partial charge in [-0.3, -0.25) is 4.90 Å². The van der Waals surface area contributed by atoms with Gasteiger partial charge in [0.2, 0.25) is 0 Å². The molecule has 1 N–H and O–H groups in total. The average Bonchev–Trinajstić information content (AvgIpc) is 2.60. The van der Waals surface area contributed by atoms with Crippen molar-refractivity contribution >= 4 is 23.1 Å². The number of para-hydroxylation sites is 2. The van der Waals surface area contributed by atoms with Gasteiger partial charge in [0, 0.05) is 5.69 Å². The number of carbonyl (C=O) groups is 1. The topological polar surface area (TPSA) is 32.3 Å². The Labute approximate surface area is 142 Å². The molecule has 3 nitrogen and oxygen atoms in total. The quantitative estimate of drug-likeness (QED) is 0.663. The van der Waals surface area contributed by atoms with Crippen LogP contribution in [0.1, 0.15) is 11.1 Å². The van der Waals surface area contributed by atoms with Gasteiger partial charge in [-0.1, -0.05) is 48.5 Å². The van der Waals surface area contributed by atoms with E-state index in [4.69, 9.17) is 0 Å². The van der Waals surface area contributed by atoms with Crippen molar-refractivity contribution in [1.29, 1.82) is 0 Å². The lowest BCUT2D eigenvalue weighted by molar-refractivity contribution is 0.259. The van der Waals surface area contributed by atoms with Crippen LogP contribution in [0.25, 0.3) is 0 Å². The highest BCUT2D eigenvalue weighted by Gasteiger charge is 2.18. The fourth-order valence-electron chi connectivity index (χ4n) is 2.58. The summed E-state index contributed by atoms with van der Waals surface area (Å²) in [4.78, 5) is 14.7.